The zero-order valence-corrected chi connectivity index (χ0v) is 8.78. The summed E-state index contributed by atoms with van der Waals surface area (Å²) in [5.74, 6) is 0.382. The first-order chi connectivity index (χ1) is 7.27. The zero-order chi connectivity index (χ0) is 11.1. The Labute approximate surface area is 88.1 Å². The Morgan fingerprint density at radius 1 is 1.53 bits per heavy atom. The van der Waals surface area contributed by atoms with Gasteiger partial charge >= 0.3 is 0 Å². The van der Waals surface area contributed by atoms with Crippen molar-refractivity contribution >= 4 is 11.7 Å². The first-order valence-corrected chi connectivity index (χ1v) is 4.55. The Hall–Kier alpha value is -1.69. The predicted molar refractivity (Wildman–Crippen MR) is 55.8 cm³/mol. The number of hydrogen-bond donors (Lipinski definition) is 2. The van der Waals surface area contributed by atoms with Gasteiger partial charge in [0.15, 0.2) is 0 Å². The SMILES string of the molecule is CNC(=O)c1cc(NCCOC)ncn1. The number of nitrogens with one attached hydrogen (secondary N) is 2. The molecule has 1 rings (SSSR count). The summed E-state index contributed by atoms with van der Waals surface area (Å²) in [7, 11) is 3.18. The molecule has 0 aliphatic carbocycles. The topological polar surface area (TPSA) is 76.1 Å². The van der Waals surface area contributed by atoms with E-state index in [2.05, 4.69) is 20.6 Å². The van der Waals surface area contributed by atoms with Crippen molar-refractivity contribution in [2.24, 2.45) is 0 Å². The first kappa shape index (κ1) is 11.4. The van der Waals surface area contributed by atoms with Gasteiger partial charge in [0.25, 0.3) is 5.91 Å². The second-order valence-electron chi connectivity index (χ2n) is 2.79. The fourth-order valence-corrected chi connectivity index (χ4v) is 0.987. The number of methoxy groups -OCH3 is 1. The number of carbonyl (C=O) groups is 1. The molecule has 0 aromatic carbocycles. The number of amides is 1. The molecule has 6 nitrogen and oxygen atoms in total. The molecule has 1 aromatic rings. The first-order valence-electron chi connectivity index (χ1n) is 4.55. The minimum absolute atomic E-state index is 0.229. The van der Waals surface area contributed by atoms with Crippen LogP contribution in [-0.2, 0) is 4.74 Å². The molecule has 0 bridgehead atoms. The van der Waals surface area contributed by atoms with E-state index in [9.17, 15) is 4.79 Å². The average Bonchev–Trinajstić information content (AvgIpc) is 2.29. The third kappa shape index (κ3) is 3.51. The van der Waals surface area contributed by atoms with Crippen LogP contribution in [0, 0.1) is 0 Å². The standard InChI is InChI=1S/C9H14N4O2/c1-10-9(14)7-5-8(13-6-12-7)11-3-4-15-2/h5-6H,3-4H2,1-2H3,(H,10,14)(H,11,12,13). The van der Waals surface area contributed by atoms with Gasteiger partial charge in [0.1, 0.15) is 17.8 Å². The molecule has 0 unspecified atom stereocenters. The molecular formula is C9H14N4O2. The molecule has 1 amide bonds. The van der Waals surface area contributed by atoms with Crippen molar-refractivity contribution in [3.63, 3.8) is 0 Å². The second kappa shape index (κ2) is 5.92. The van der Waals surface area contributed by atoms with E-state index in [1.807, 2.05) is 0 Å². The number of ether oxygens (including phenoxy) is 1. The fourth-order valence-electron chi connectivity index (χ4n) is 0.987. The Bertz CT molecular complexity index is 330. The number of hydrogen-bond acceptors (Lipinski definition) is 5. The van der Waals surface area contributed by atoms with Crippen molar-refractivity contribution < 1.29 is 9.53 Å². The maximum Gasteiger partial charge on any atom is 0.269 e. The highest BCUT2D eigenvalue weighted by atomic mass is 16.5. The summed E-state index contributed by atoms with van der Waals surface area (Å²) < 4.78 is 4.88. The third-order valence-electron chi connectivity index (χ3n) is 1.74. The maximum absolute atomic E-state index is 11.2. The largest absolute Gasteiger partial charge is 0.383 e. The predicted octanol–water partition coefficient (Wildman–Crippen LogP) is -0.106. The van der Waals surface area contributed by atoms with E-state index in [1.54, 1.807) is 20.2 Å². The van der Waals surface area contributed by atoms with Crippen molar-refractivity contribution in [2.45, 2.75) is 0 Å². The lowest BCUT2D eigenvalue weighted by Gasteiger charge is -2.05. The van der Waals surface area contributed by atoms with Gasteiger partial charge in [0.2, 0.25) is 0 Å². The Morgan fingerprint density at radius 3 is 3.00 bits per heavy atom. The lowest BCUT2D eigenvalue weighted by Crippen LogP contribution is -2.20. The molecule has 0 saturated carbocycles. The van der Waals surface area contributed by atoms with Crippen LogP contribution in [-0.4, -0.2) is 43.2 Å². The highest BCUT2D eigenvalue weighted by Crippen LogP contribution is 2.02. The molecule has 0 atom stereocenters. The minimum Gasteiger partial charge on any atom is -0.383 e. The van der Waals surface area contributed by atoms with E-state index in [0.29, 0.717) is 24.7 Å². The normalized spacial score (nSPS) is 9.73. The summed E-state index contributed by atoms with van der Waals surface area (Å²) in [4.78, 5) is 19.1. The number of nitrogens with zero attached hydrogens (tertiary/aromatic N) is 2. The second-order valence-corrected chi connectivity index (χ2v) is 2.79. The van der Waals surface area contributed by atoms with E-state index in [-0.39, 0.29) is 5.91 Å². The minimum atomic E-state index is -0.229. The van der Waals surface area contributed by atoms with Gasteiger partial charge < -0.3 is 15.4 Å². The van der Waals surface area contributed by atoms with Gasteiger partial charge in [-0.05, 0) is 0 Å². The van der Waals surface area contributed by atoms with Crippen LogP contribution in [0.15, 0.2) is 12.4 Å². The van der Waals surface area contributed by atoms with Crippen LogP contribution in [0.4, 0.5) is 5.82 Å². The highest BCUT2D eigenvalue weighted by molar-refractivity contribution is 5.92. The smallest absolute Gasteiger partial charge is 0.269 e. The summed E-state index contributed by atoms with van der Waals surface area (Å²) in [6.07, 6.45) is 1.35. The van der Waals surface area contributed by atoms with Crippen LogP contribution in [0.25, 0.3) is 0 Å². The quantitative estimate of drug-likeness (QED) is 0.663. The summed E-state index contributed by atoms with van der Waals surface area (Å²) in [6, 6.07) is 1.59. The zero-order valence-electron chi connectivity index (χ0n) is 8.78. The lowest BCUT2D eigenvalue weighted by atomic mass is 10.3. The molecule has 1 heterocycles. The van der Waals surface area contributed by atoms with Crippen LogP contribution in [0.5, 0.6) is 0 Å². The molecule has 2 N–H and O–H groups in total. The summed E-state index contributed by atoms with van der Waals surface area (Å²) >= 11 is 0. The van der Waals surface area contributed by atoms with Crippen molar-refractivity contribution in [3.05, 3.63) is 18.1 Å². The molecule has 1 aromatic heterocycles. The summed E-state index contributed by atoms with van der Waals surface area (Å²) in [5, 5.41) is 5.50. The van der Waals surface area contributed by atoms with Crippen molar-refractivity contribution in [1.29, 1.82) is 0 Å². The van der Waals surface area contributed by atoms with Crippen molar-refractivity contribution in [1.82, 2.24) is 15.3 Å². The molecule has 0 fully saturated rings. The maximum atomic E-state index is 11.2. The van der Waals surface area contributed by atoms with E-state index < -0.39 is 0 Å². The molecule has 0 spiro atoms. The van der Waals surface area contributed by atoms with Gasteiger partial charge in [-0.1, -0.05) is 0 Å². The van der Waals surface area contributed by atoms with Crippen LogP contribution in [0.3, 0.4) is 0 Å². The number of carbonyl (C=O) groups excluding carboxylic acids is 1. The lowest BCUT2D eigenvalue weighted by molar-refractivity contribution is 0.0958. The van der Waals surface area contributed by atoms with Gasteiger partial charge in [-0.25, -0.2) is 9.97 Å². The monoisotopic (exact) mass is 210 g/mol. The summed E-state index contributed by atoms with van der Waals surface area (Å²) in [6.45, 7) is 1.22. The van der Waals surface area contributed by atoms with Gasteiger partial charge in [-0.15, -0.1) is 0 Å². The molecule has 0 aliphatic rings. The Morgan fingerprint density at radius 2 is 2.33 bits per heavy atom. The van der Waals surface area contributed by atoms with E-state index in [4.69, 9.17) is 4.74 Å². The van der Waals surface area contributed by atoms with Gasteiger partial charge in [-0.3, -0.25) is 4.79 Å². The molecule has 0 aliphatic heterocycles. The van der Waals surface area contributed by atoms with Crippen LogP contribution < -0.4 is 10.6 Å². The third-order valence-corrected chi connectivity index (χ3v) is 1.74. The Balaban J connectivity index is 2.62. The fraction of sp³-hybridized carbons (Fsp3) is 0.444. The van der Waals surface area contributed by atoms with Crippen LogP contribution in [0.1, 0.15) is 10.5 Å². The molecule has 6 heteroatoms. The van der Waals surface area contributed by atoms with Crippen LogP contribution >= 0.6 is 0 Å². The number of rotatable bonds is 5. The van der Waals surface area contributed by atoms with E-state index >= 15 is 0 Å². The molecule has 15 heavy (non-hydrogen) atoms. The van der Waals surface area contributed by atoms with Gasteiger partial charge in [0, 0.05) is 26.8 Å². The van der Waals surface area contributed by atoms with Gasteiger partial charge in [0.05, 0.1) is 6.61 Å². The molecule has 0 saturated heterocycles. The number of anilines is 1. The summed E-state index contributed by atoms with van der Waals surface area (Å²) in [5.41, 5.74) is 0.340. The Kier molecular flexibility index (Phi) is 4.49. The highest BCUT2D eigenvalue weighted by Gasteiger charge is 2.05. The van der Waals surface area contributed by atoms with Gasteiger partial charge in [-0.2, -0.15) is 0 Å². The van der Waals surface area contributed by atoms with Crippen molar-refractivity contribution in [2.75, 3.05) is 32.6 Å². The average molecular weight is 210 g/mol. The molecular weight excluding hydrogens is 196 g/mol. The number of aromatic nitrogens is 2. The van der Waals surface area contributed by atoms with Crippen LogP contribution in [0.2, 0.25) is 0 Å². The molecule has 82 valence electrons. The molecule has 0 radical (unpaired) electrons. The van der Waals surface area contributed by atoms with E-state index in [0.717, 1.165) is 0 Å². The van der Waals surface area contributed by atoms with E-state index in [1.165, 1.54) is 6.33 Å². The van der Waals surface area contributed by atoms with Crippen molar-refractivity contribution in [3.8, 4) is 0 Å².